The molecule has 0 aliphatic rings. The van der Waals surface area contributed by atoms with Crippen LogP contribution >= 0.6 is 45.8 Å². The van der Waals surface area contributed by atoms with Crippen LogP contribution in [0.5, 0.6) is 0 Å². The molecule has 0 saturated heterocycles. The van der Waals surface area contributed by atoms with Crippen LogP contribution in [0, 0.1) is 9.39 Å². The molecule has 76 valence electrons. The van der Waals surface area contributed by atoms with Crippen molar-refractivity contribution in [3.8, 4) is 0 Å². The maximum absolute atomic E-state index is 13.1. The topological polar surface area (TPSA) is 26.3 Å². The van der Waals surface area contributed by atoms with Crippen LogP contribution in [0.4, 0.5) is 4.39 Å². The second-order valence-electron chi connectivity index (χ2n) is 2.34. The van der Waals surface area contributed by atoms with Crippen LogP contribution in [0.25, 0.3) is 0 Å². The average Bonchev–Trinajstić information content (AvgIpc) is 2.19. The van der Waals surface area contributed by atoms with Crippen molar-refractivity contribution in [2.24, 2.45) is 0 Å². The number of rotatable bonds is 1. The van der Waals surface area contributed by atoms with Gasteiger partial charge in [-0.15, -0.1) is 0 Å². The lowest BCUT2D eigenvalue weighted by molar-refractivity contribution is 0.0600. The first-order chi connectivity index (χ1) is 6.49. The molecule has 0 aromatic heterocycles. The molecular formula is C8H4Cl2FIO2. The van der Waals surface area contributed by atoms with Gasteiger partial charge in [0.1, 0.15) is 5.82 Å². The predicted octanol–water partition coefficient (Wildman–Crippen LogP) is 3.52. The third-order valence-electron chi connectivity index (χ3n) is 1.51. The van der Waals surface area contributed by atoms with E-state index in [0.29, 0.717) is 3.57 Å². The van der Waals surface area contributed by atoms with Crippen molar-refractivity contribution in [3.63, 3.8) is 0 Å². The van der Waals surface area contributed by atoms with Gasteiger partial charge in [-0.25, -0.2) is 9.18 Å². The third-order valence-corrected chi connectivity index (χ3v) is 3.99. The lowest BCUT2D eigenvalue weighted by atomic mass is 10.2. The molecule has 0 bridgehead atoms. The summed E-state index contributed by atoms with van der Waals surface area (Å²) in [5, 5.41) is 0.00658. The van der Waals surface area contributed by atoms with Gasteiger partial charge >= 0.3 is 5.97 Å². The number of hydrogen-bond acceptors (Lipinski definition) is 2. The van der Waals surface area contributed by atoms with Crippen molar-refractivity contribution in [2.45, 2.75) is 0 Å². The smallest absolute Gasteiger partial charge is 0.339 e. The standard InChI is InChI=1S/C8H4Cl2FIO2/c1-14-8(13)3-2-4(11)6(10)7(12)5(3)9/h2H,1H3. The molecule has 0 radical (unpaired) electrons. The maximum atomic E-state index is 13.1. The summed E-state index contributed by atoms with van der Waals surface area (Å²) in [4.78, 5) is 11.1. The summed E-state index contributed by atoms with van der Waals surface area (Å²) in [7, 11) is 1.19. The highest BCUT2D eigenvalue weighted by atomic mass is 127. The first kappa shape index (κ1) is 12.0. The summed E-state index contributed by atoms with van der Waals surface area (Å²) in [6, 6.07) is 0.957. The summed E-state index contributed by atoms with van der Waals surface area (Å²) in [5.74, 6) is -1.38. The Kier molecular flexibility index (Phi) is 3.97. The van der Waals surface area contributed by atoms with E-state index in [1.165, 1.54) is 7.11 Å². The lowest BCUT2D eigenvalue weighted by Crippen LogP contribution is -2.04. The van der Waals surface area contributed by atoms with Crippen molar-refractivity contribution < 1.29 is 13.9 Å². The quantitative estimate of drug-likeness (QED) is 0.336. The molecule has 2 nitrogen and oxygen atoms in total. The largest absolute Gasteiger partial charge is 0.465 e. The van der Waals surface area contributed by atoms with E-state index in [1.54, 1.807) is 22.6 Å². The van der Waals surface area contributed by atoms with E-state index >= 15 is 0 Å². The monoisotopic (exact) mass is 348 g/mol. The first-order valence-electron chi connectivity index (χ1n) is 3.40. The van der Waals surface area contributed by atoms with Crippen LogP contribution in [0.3, 0.4) is 0 Å². The van der Waals surface area contributed by atoms with Gasteiger partial charge in [0, 0.05) is 0 Å². The number of carbonyl (C=O) groups is 1. The SMILES string of the molecule is COC(=O)c1cc(F)c(Cl)c(I)c1Cl. The van der Waals surface area contributed by atoms with Crippen molar-refractivity contribution in [3.05, 3.63) is 31.1 Å². The van der Waals surface area contributed by atoms with Crippen LogP contribution in [-0.4, -0.2) is 13.1 Å². The Bertz CT molecular complexity index is 395. The number of esters is 1. The summed E-state index contributed by atoms with van der Waals surface area (Å²) in [6.45, 7) is 0. The zero-order chi connectivity index (χ0) is 10.9. The van der Waals surface area contributed by atoms with Crippen LogP contribution in [0.1, 0.15) is 10.4 Å². The van der Waals surface area contributed by atoms with Crippen molar-refractivity contribution in [1.29, 1.82) is 0 Å². The van der Waals surface area contributed by atoms with Gasteiger partial charge in [0.15, 0.2) is 0 Å². The molecule has 1 aromatic carbocycles. The summed E-state index contributed by atoms with van der Waals surface area (Å²) >= 11 is 13.1. The van der Waals surface area contributed by atoms with Gasteiger partial charge in [0.05, 0.1) is 26.3 Å². The minimum atomic E-state index is -0.694. The molecular weight excluding hydrogens is 345 g/mol. The van der Waals surface area contributed by atoms with Gasteiger partial charge in [0.2, 0.25) is 0 Å². The van der Waals surface area contributed by atoms with E-state index in [4.69, 9.17) is 23.2 Å². The highest BCUT2D eigenvalue weighted by Gasteiger charge is 2.18. The molecule has 0 aliphatic heterocycles. The number of carbonyl (C=O) groups excluding carboxylic acids is 1. The Morgan fingerprint density at radius 3 is 2.57 bits per heavy atom. The van der Waals surface area contributed by atoms with Gasteiger partial charge in [-0.2, -0.15) is 0 Å². The third kappa shape index (κ3) is 2.12. The van der Waals surface area contributed by atoms with Crippen molar-refractivity contribution >= 4 is 51.8 Å². The molecule has 14 heavy (non-hydrogen) atoms. The summed E-state index contributed by atoms with van der Waals surface area (Å²) < 4.78 is 17.8. The lowest BCUT2D eigenvalue weighted by Gasteiger charge is -2.06. The number of halogens is 4. The van der Waals surface area contributed by atoms with Gasteiger partial charge in [-0.1, -0.05) is 23.2 Å². The number of ether oxygens (including phenoxy) is 1. The molecule has 0 aliphatic carbocycles. The molecule has 0 saturated carbocycles. The fourth-order valence-corrected chi connectivity index (χ4v) is 1.80. The number of methoxy groups -OCH3 is 1. The first-order valence-corrected chi connectivity index (χ1v) is 5.23. The Balaban J connectivity index is 3.40. The van der Waals surface area contributed by atoms with Gasteiger partial charge < -0.3 is 4.74 Å². The Hall–Kier alpha value is -0.0700. The number of hydrogen-bond donors (Lipinski definition) is 0. The minimum Gasteiger partial charge on any atom is -0.465 e. The second-order valence-corrected chi connectivity index (χ2v) is 4.17. The van der Waals surface area contributed by atoms with Crippen molar-refractivity contribution in [1.82, 2.24) is 0 Å². The number of benzene rings is 1. The summed E-state index contributed by atoms with van der Waals surface area (Å²) in [6.07, 6.45) is 0. The van der Waals surface area contributed by atoms with E-state index in [1.807, 2.05) is 0 Å². The van der Waals surface area contributed by atoms with Gasteiger partial charge in [-0.3, -0.25) is 0 Å². The van der Waals surface area contributed by atoms with Crippen LogP contribution in [0.15, 0.2) is 6.07 Å². The maximum Gasteiger partial charge on any atom is 0.339 e. The van der Waals surface area contributed by atoms with E-state index in [2.05, 4.69) is 4.74 Å². The molecule has 0 fully saturated rings. The van der Waals surface area contributed by atoms with Crippen LogP contribution in [0.2, 0.25) is 10.0 Å². The second kappa shape index (κ2) is 4.63. The molecule has 0 unspecified atom stereocenters. The Labute approximate surface area is 103 Å². The Morgan fingerprint density at radius 1 is 1.50 bits per heavy atom. The molecule has 1 rings (SSSR count). The molecule has 0 heterocycles. The minimum absolute atomic E-state index is 0.0273. The molecule has 0 atom stereocenters. The van der Waals surface area contributed by atoms with E-state index in [0.717, 1.165) is 6.07 Å². The fraction of sp³-hybridized carbons (Fsp3) is 0.125. The van der Waals surface area contributed by atoms with Crippen LogP contribution < -0.4 is 0 Å². The summed E-state index contributed by atoms with van der Waals surface area (Å²) in [5.41, 5.74) is -0.0273. The molecule has 0 N–H and O–H groups in total. The Morgan fingerprint density at radius 2 is 2.07 bits per heavy atom. The normalized spacial score (nSPS) is 10.1. The van der Waals surface area contributed by atoms with E-state index in [9.17, 15) is 9.18 Å². The van der Waals surface area contributed by atoms with E-state index < -0.39 is 11.8 Å². The molecule has 6 heteroatoms. The highest BCUT2D eigenvalue weighted by molar-refractivity contribution is 14.1. The van der Waals surface area contributed by atoms with Gasteiger partial charge in [-0.05, 0) is 28.7 Å². The fourth-order valence-electron chi connectivity index (χ4n) is 0.831. The zero-order valence-electron chi connectivity index (χ0n) is 6.91. The average molecular weight is 349 g/mol. The van der Waals surface area contributed by atoms with Crippen molar-refractivity contribution in [2.75, 3.05) is 7.11 Å². The van der Waals surface area contributed by atoms with Gasteiger partial charge in [0.25, 0.3) is 0 Å². The predicted molar refractivity (Wildman–Crippen MR) is 60.5 cm³/mol. The molecule has 0 spiro atoms. The molecule has 0 amide bonds. The highest BCUT2D eigenvalue weighted by Crippen LogP contribution is 2.32. The van der Waals surface area contributed by atoms with Crippen LogP contribution in [-0.2, 0) is 4.74 Å². The zero-order valence-corrected chi connectivity index (χ0v) is 10.6. The molecule has 1 aromatic rings. The van der Waals surface area contributed by atoms with E-state index in [-0.39, 0.29) is 15.6 Å².